The first-order valence-electron chi connectivity index (χ1n) is 5.04. The van der Waals surface area contributed by atoms with Crippen molar-refractivity contribution in [3.05, 3.63) is 0 Å². The van der Waals surface area contributed by atoms with E-state index in [0.29, 0.717) is 22.2 Å². The van der Waals surface area contributed by atoms with E-state index in [0.717, 1.165) is 0 Å². The molecule has 0 bridgehead atoms. The van der Waals surface area contributed by atoms with Crippen molar-refractivity contribution in [1.82, 2.24) is 0 Å². The molecule has 1 unspecified atom stereocenters. The predicted molar refractivity (Wildman–Crippen MR) is 58.1 cm³/mol. The van der Waals surface area contributed by atoms with Gasteiger partial charge in [-0.25, -0.2) is 9.63 Å². The number of carbonyl (C=O) groups is 1. The van der Waals surface area contributed by atoms with Gasteiger partial charge in [0.25, 0.3) is 0 Å². The molecule has 1 atom stereocenters. The maximum atomic E-state index is 11.0. The summed E-state index contributed by atoms with van der Waals surface area (Å²) in [6, 6.07) is -0.420. The SMILES string of the molecule is C[N+](C)(C)OCCC(C(=O)O)[N+](C)(C)C. The summed E-state index contributed by atoms with van der Waals surface area (Å²) in [5.74, 6) is -0.771. The highest BCUT2D eigenvalue weighted by molar-refractivity contribution is 5.72. The minimum atomic E-state index is -0.771. The molecule has 0 radical (unpaired) electrons. The average Bonchev–Trinajstić information content (AvgIpc) is 1.92. The fourth-order valence-electron chi connectivity index (χ4n) is 1.28. The second kappa shape index (κ2) is 4.92. The molecule has 90 valence electrons. The molecule has 0 aliphatic heterocycles. The molecular formula is C10H24N2O3+2. The van der Waals surface area contributed by atoms with Crippen molar-refractivity contribution in [2.24, 2.45) is 0 Å². The Morgan fingerprint density at radius 1 is 1.20 bits per heavy atom. The third kappa shape index (κ3) is 6.43. The Hall–Kier alpha value is -0.650. The number of rotatable bonds is 6. The zero-order chi connectivity index (χ0) is 12.3. The fourth-order valence-corrected chi connectivity index (χ4v) is 1.28. The first-order valence-corrected chi connectivity index (χ1v) is 5.04. The third-order valence-electron chi connectivity index (χ3n) is 2.09. The maximum absolute atomic E-state index is 11.0. The Morgan fingerprint density at radius 3 is 1.93 bits per heavy atom. The molecule has 0 saturated heterocycles. The number of carboxylic acid groups (broad SMARTS) is 1. The molecule has 0 rings (SSSR count). The van der Waals surface area contributed by atoms with E-state index in [1.54, 1.807) is 0 Å². The minimum Gasteiger partial charge on any atom is -0.477 e. The monoisotopic (exact) mass is 220 g/mol. The third-order valence-corrected chi connectivity index (χ3v) is 2.09. The van der Waals surface area contributed by atoms with Gasteiger partial charge in [0.05, 0.1) is 42.3 Å². The summed E-state index contributed by atoms with van der Waals surface area (Å²) in [6.45, 7) is 0.454. The van der Waals surface area contributed by atoms with Gasteiger partial charge in [-0.1, -0.05) is 0 Å². The predicted octanol–water partition coefficient (Wildman–Crippen LogP) is 0.174. The highest BCUT2D eigenvalue weighted by Gasteiger charge is 2.31. The number of likely N-dealkylation sites (N-methyl/N-ethyl adjacent to an activating group) is 1. The van der Waals surface area contributed by atoms with Crippen molar-refractivity contribution in [2.75, 3.05) is 48.9 Å². The number of nitrogens with zero attached hydrogens (tertiary/aromatic N) is 2. The summed E-state index contributed by atoms with van der Waals surface area (Å²) in [6.07, 6.45) is 0.522. The zero-order valence-electron chi connectivity index (χ0n) is 10.6. The van der Waals surface area contributed by atoms with Gasteiger partial charge in [0.1, 0.15) is 6.61 Å². The zero-order valence-corrected chi connectivity index (χ0v) is 10.6. The Balaban J connectivity index is 4.17. The number of hydrogen-bond donors (Lipinski definition) is 1. The van der Waals surface area contributed by atoms with Crippen LogP contribution in [0.25, 0.3) is 0 Å². The van der Waals surface area contributed by atoms with E-state index >= 15 is 0 Å². The van der Waals surface area contributed by atoms with Crippen LogP contribution in [0.2, 0.25) is 0 Å². The van der Waals surface area contributed by atoms with Crippen LogP contribution in [0.3, 0.4) is 0 Å². The van der Waals surface area contributed by atoms with Crippen molar-refractivity contribution in [3.8, 4) is 0 Å². The summed E-state index contributed by atoms with van der Waals surface area (Å²) in [5.41, 5.74) is 0. The van der Waals surface area contributed by atoms with E-state index in [1.165, 1.54) is 0 Å². The van der Waals surface area contributed by atoms with Gasteiger partial charge in [0.15, 0.2) is 6.04 Å². The quantitative estimate of drug-likeness (QED) is 0.513. The van der Waals surface area contributed by atoms with Gasteiger partial charge >= 0.3 is 5.97 Å². The maximum Gasteiger partial charge on any atom is 0.362 e. The summed E-state index contributed by atoms with van der Waals surface area (Å²) < 4.78 is 0.805. The van der Waals surface area contributed by atoms with Gasteiger partial charge < -0.3 is 9.59 Å². The first kappa shape index (κ1) is 14.3. The van der Waals surface area contributed by atoms with Crippen LogP contribution in [-0.4, -0.2) is 75.1 Å². The lowest BCUT2D eigenvalue weighted by molar-refractivity contribution is -1.06. The average molecular weight is 220 g/mol. The standard InChI is InChI=1S/C10H23N2O3/c1-11(2,3)9(10(13)14)7-8-15-12(4,5)6/h9H,7-8H2,1-6H3/q+1/p+1. The van der Waals surface area contributed by atoms with Gasteiger partial charge in [-0.05, 0) is 0 Å². The number of quaternary nitrogens is 2. The molecule has 0 aromatic rings. The van der Waals surface area contributed by atoms with E-state index < -0.39 is 12.0 Å². The molecule has 0 aliphatic rings. The number of hydrogen-bond acceptors (Lipinski definition) is 2. The van der Waals surface area contributed by atoms with Crippen molar-refractivity contribution in [1.29, 1.82) is 0 Å². The molecule has 0 aromatic carbocycles. The molecule has 0 heterocycles. The highest BCUT2D eigenvalue weighted by atomic mass is 16.7. The lowest BCUT2D eigenvalue weighted by atomic mass is 10.2. The Labute approximate surface area is 92.0 Å². The smallest absolute Gasteiger partial charge is 0.362 e. The molecule has 0 aliphatic carbocycles. The van der Waals surface area contributed by atoms with Crippen LogP contribution in [0, 0.1) is 0 Å². The van der Waals surface area contributed by atoms with E-state index in [4.69, 9.17) is 9.94 Å². The fraction of sp³-hybridized carbons (Fsp3) is 0.900. The molecule has 5 nitrogen and oxygen atoms in total. The van der Waals surface area contributed by atoms with E-state index in [9.17, 15) is 4.79 Å². The van der Waals surface area contributed by atoms with Crippen LogP contribution < -0.4 is 0 Å². The summed E-state index contributed by atoms with van der Waals surface area (Å²) in [7, 11) is 11.4. The molecule has 1 N–H and O–H groups in total. The Morgan fingerprint density at radius 2 is 1.67 bits per heavy atom. The van der Waals surface area contributed by atoms with Gasteiger partial charge in [0, 0.05) is 6.42 Å². The van der Waals surface area contributed by atoms with Crippen molar-refractivity contribution >= 4 is 5.97 Å². The van der Waals surface area contributed by atoms with Gasteiger partial charge in [-0.15, -0.1) is 0 Å². The molecule has 0 spiro atoms. The normalized spacial score (nSPS) is 15.1. The second-order valence-electron chi connectivity index (χ2n) is 5.48. The largest absolute Gasteiger partial charge is 0.477 e. The number of carboxylic acids is 1. The van der Waals surface area contributed by atoms with Crippen LogP contribution in [0.4, 0.5) is 0 Å². The van der Waals surface area contributed by atoms with Crippen LogP contribution in [0.5, 0.6) is 0 Å². The van der Waals surface area contributed by atoms with Crippen LogP contribution in [0.15, 0.2) is 0 Å². The molecule has 5 heteroatoms. The number of aliphatic carboxylic acids is 1. The molecular weight excluding hydrogens is 196 g/mol. The second-order valence-corrected chi connectivity index (χ2v) is 5.48. The van der Waals surface area contributed by atoms with E-state index in [1.807, 2.05) is 42.3 Å². The topological polar surface area (TPSA) is 46.5 Å². The van der Waals surface area contributed by atoms with E-state index in [2.05, 4.69) is 0 Å². The van der Waals surface area contributed by atoms with Crippen molar-refractivity contribution in [2.45, 2.75) is 12.5 Å². The number of hydroxylamine groups is 3. The Bertz CT molecular complexity index is 216. The Kier molecular flexibility index (Phi) is 4.70. The molecule has 15 heavy (non-hydrogen) atoms. The lowest BCUT2D eigenvalue weighted by Crippen LogP contribution is -2.50. The minimum absolute atomic E-state index is 0.392. The molecule has 0 saturated carbocycles. The summed E-state index contributed by atoms with van der Waals surface area (Å²) in [5, 5.41) is 9.06. The first-order chi connectivity index (χ1) is 6.54. The van der Waals surface area contributed by atoms with Crippen LogP contribution >= 0.6 is 0 Å². The van der Waals surface area contributed by atoms with Gasteiger partial charge in [-0.3, -0.25) is 0 Å². The van der Waals surface area contributed by atoms with Crippen LogP contribution in [0.1, 0.15) is 6.42 Å². The van der Waals surface area contributed by atoms with Gasteiger partial charge in [-0.2, -0.15) is 4.65 Å². The van der Waals surface area contributed by atoms with Crippen LogP contribution in [-0.2, 0) is 9.63 Å². The van der Waals surface area contributed by atoms with Gasteiger partial charge in [0.2, 0.25) is 0 Å². The molecule has 0 aromatic heterocycles. The lowest BCUT2D eigenvalue weighted by Gasteiger charge is -2.31. The van der Waals surface area contributed by atoms with E-state index in [-0.39, 0.29) is 0 Å². The van der Waals surface area contributed by atoms with Crippen molar-refractivity contribution in [3.63, 3.8) is 0 Å². The molecule has 0 amide bonds. The summed E-state index contributed by atoms with van der Waals surface area (Å²) >= 11 is 0. The summed E-state index contributed by atoms with van der Waals surface area (Å²) in [4.78, 5) is 16.5. The highest BCUT2D eigenvalue weighted by Crippen LogP contribution is 2.09. The molecule has 0 fully saturated rings. The van der Waals surface area contributed by atoms with Crippen molar-refractivity contribution < 1.29 is 23.9 Å².